The molecule has 110 valence electrons. The van der Waals surface area contributed by atoms with E-state index in [0.29, 0.717) is 29.0 Å². The van der Waals surface area contributed by atoms with Gasteiger partial charge < -0.3 is 15.2 Å². The predicted molar refractivity (Wildman–Crippen MR) is 89.4 cm³/mol. The fraction of sp³-hybridized carbons (Fsp3) is 0.188. The first-order chi connectivity index (χ1) is 10.2. The molecule has 3 nitrogen and oxygen atoms in total. The first kappa shape index (κ1) is 15.6. The summed E-state index contributed by atoms with van der Waals surface area (Å²) in [7, 11) is 0. The smallest absolute Gasteiger partial charge is 0.137 e. The van der Waals surface area contributed by atoms with E-state index in [1.807, 2.05) is 30.3 Å². The lowest BCUT2D eigenvalue weighted by atomic mass is 10.2. The van der Waals surface area contributed by atoms with Crippen LogP contribution in [0.2, 0.25) is 5.02 Å². The monoisotopic (exact) mass is 321 g/mol. The summed E-state index contributed by atoms with van der Waals surface area (Å²) in [6.45, 7) is 1.12. The van der Waals surface area contributed by atoms with Crippen molar-refractivity contribution < 1.29 is 9.47 Å². The van der Waals surface area contributed by atoms with Crippen molar-refractivity contribution in [2.75, 3.05) is 13.2 Å². The van der Waals surface area contributed by atoms with E-state index in [9.17, 15) is 0 Å². The van der Waals surface area contributed by atoms with Crippen molar-refractivity contribution in [1.29, 1.82) is 0 Å². The molecule has 2 rings (SSSR count). The Balaban J connectivity index is 1.75. The van der Waals surface area contributed by atoms with Crippen molar-refractivity contribution >= 4 is 28.8 Å². The van der Waals surface area contributed by atoms with Gasteiger partial charge in [-0.3, -0.25) is 0 Å². The van der Waals surface area contributed by atoms with Gasteiger partial charge in [0.1, 0.15) is 16.5 Å². The van der Waals surface area contributed by atoms with E-state index >= 15 is 0 Å². The number of hydrogen-bond acceptors (Lipinski definition) is 3. The molecule has 0 fully saturated rings. The van der Waals surface area contributed by atoms with Crippen LogP contribution in [0, 0.1) is 0 Å². The maximum Gasteiger partial charge on any atom is 0.137 e. The second-order valence-electron chi connectivity index (χ2n) is 4.37. The van der Waals surface area contributed by atoms with Crippen LogP contribution in [0.3, 0.4) is 0 Å². The minimum Gasteiger partial charge on any atom is -0.493 e. The second-order valence-corrected chi connectivity index (χ2v) is 5.22. The lowest BCUT2D eigenvalue weighted by Crippen LogP contribution is -2.09. The van der Waals surface area contributed by atoms with Crippen LogP contribution in [0.4, 0.5) is 0 Å². The van der Waals surface area contributed by atoms with Gasteiger partial charge in [-0.1, -0.05) is 42.0 Å². The molecule has 0 aromatic heterocycles. The van der Waals surface area contributed by atoms with E-state index < -0.39 is 0 Å². The Morgan fingerprint density at radius 2 is 1.76 bits per heavy atom. The summed E-state index contributed by atoms with van der Waals surface area (Å²) >= 11 is 11.0. The van der Waals surface area contributed by atoms with Gasteiger partial charge >= 0.3 is 0 Å². The molecule has 0 atom stereocenters. The molecule has 0 bridgehead atoms. The van der Waals surface area contributed by atoms with E-state index in [0.717, 1.165) is 17.7 Å². The Morgan fingerprint density at radius 3 is 2.43 bits per heavy atom. The Hall–Kier alpha value is -1.78. The summed E-state index contributed by atoms with van der Waals surface area (Å²) in [6.07, 6.45) is 0.766. The number of nitrogens with two attached hydrogens (primary N) is 1. The third-order valence-corrected chi connectivity index (χ3v) is 3.31. The standard InChI is InChI=1S/C16H16ClNO2S/c17-14-11-12(16(18)21)7-8-15(14)20-10-4-9-19-13-5-2-1-3-6-13/h1-3,5-8,11H,4,9-10H2,(H2,18,21). The molecule has 21 heavy (non-hydrogen) atoms. The molecule has 2 aromatic carbocycles. The summed E-state index contributed by atoms with van der Waals surface area (Å²) in [5, 5.41) is 0.504. The number of rotatable bonds is 7. The van der Waals surface area contributed by atoms with E-state index in [2.05, 4.69) is 0 Å². The molecule has 0 aliphatic rings. The van der Waals surface area contributed by atoms with Crippen molar-refractivity contribution in [3.63, 3.8) is 0 Å². The molecule has 0 amide bonds. The van der Waals surface area contributed by atoms with Gasteiger partial charge in [-0.15, -0.1) is 0 Å². The largest absolute Gasteiger partial charge is 0.493 e. The zero-order chi connectivity index (χ0) is 15.1. The highest BCUT2D eigenvalue weighted by Crippen LogP contribution is 2.25. The van der Waals surface area contributed by atoms with Gasteiger partial charge in [0.2, 0.25) is 0 Å². The van der Waals surface area contributed by atoms with Crippen molar-refractivity contribution in [3.8, 4) is 11.5 Å². The summed E-state index contributed by atoms with van der Waals surface area (Å²) in [6, 6.07) is 15.0. The molecular weight excluding hydrogens is 306 g/mol. The third-order valence-electron chi connectivity index (χ3n) is 2.77. The summed E-state index contributed by atoms with van der Waals surface area (Å²) in [5.41, 5.74) is 6.27. The molecule has 0 aliphatic carbocycles. The van der Waals surface area contributed by atoms with Gasteiger partial charge in [0.05, 0.1) is 18.2 Å². The number of thiocarbonyl (C=S) groups is 1. The Kier molecular flexibility index (Phi) is 5.84. The Labute approximate surface area is 134 Å². The van der Waals surface area contributed by atoms with Crippen molar-refractivity contribution in [2.24, 2.45) is 5.73 Å². The molecule has 2 N–H and O–H groups in total. The topological polar surface area (TPSA) is 44.5 Å². The van der Waals surface area contributed by atoms with Crippen LogP contribution >= 0.6 is 23.8 Å². The molecular formula is C16H16ClNO2S. The number of hydrogen-bond donors (Lipinski definition) is 1. The molecule has 0 unspecified atom stereocenters. The van der Waals surface area contributed by atoms with Gasteiger partial charge in [-0.25, -0.2) is 0 Å². The fourth-order valence-corrected chi connectivity index (χ4v) is 2.08. The maximum atomic E-state index is 6.11. The Bertz CT molecular complexity index is 604. The molecule has 5 heteroatoms. The van der Waals surface area contributed by atoms with Gasteiger partial charge in [-0.2, -0.15) is 0 Å². The van der Waals surface area contributed by atoms with Crippen LogP contribution in [-0.2, 0) is 0 Å². The van der Waals surface area contributed by atoms with E-state index in [4.69, 9.17) is 39.0 Å². The average molecular weight is 322 g/mol. The van der Waals surface area contributed by atoms with Crippen LogP contribution in [0.1, 0.15) is 12.0 Å². The second kappa shape index (κ2) is 7.86. The van der Waals surface area contributed by atoms with Gasteiger partial charge in [0.15, 0.2) is 0 Å². The predicted octanol–water partition coefficient (Wildman–Crippen LogP) is 3.82. The Morgan fingerprint density at radius 1 is 1.05 bits per heavy atom. The van der Waals surface area contributed by atoms with Crippen LogP contribution in [0.15, 0.2) is 48.5 Å². The molecule has 0 aliphatic heterocycles. The molecule has 0 spiro atoms. The normalized spacial score (nSPS) is 10.1. The molecule has 0 heterocycles. The SMILES string of the molecule is NC(=S)c1ccc(OCCCOc2ccccc2)c(Cl)c1. The number of para-hydroxylation sites is 1. The quantitative estimate of drug-likeness (QED) is 0.622. The van der Waals surface area contributed by atoms with Crippen LogP contribution in [0.25, 0.3) is 0 Å². The minimum absolute atomic E-state index is 0.319. The number of halogens is 1. The maximum absolute atomic E-state index is 6.11. The summed E-state index contributed by atoms with van der Waals surface area (Å²) in [5.74, 6) is 1.48. The zero-order valence-electron chi connectivity index (χ0n) is 11.4. The lowest BCUT2D eigenvalue weighted by molar-refractivity contribution is 0.247. The highest BCUT2D eigenvalue weighted by Gasteiger charge is 2.04. The highest BCUT2D eigenvalue weighted by molar-refractivity contribution is 7.80. The van der Waals surface area contributed by atoms with E-state index in [-0.39, 0.29) is 0 Å². The third kappa shape index (κ3) is 4.92. The van der Waals surface area contributed by atoms with Gasteiger partial charge in [0, 0.05) is 12.0 Å². The van der Waals surface area contributed by atoms with Crippen molar-refractivity contribution in [3.05, 3.63) is 59.1 Å². The van der Waals surface area contributed by atoms with Crippen LogP contribution in [-0.4, -0.2) is 18.2 Å². The lowest BCUT2D eigenvalue weighted by Gasteiger charge is -2.10. The molecule has 0 saturated heterocycles. The molecule has 0 radical (unpaired) electrons. The van der Waals surface area contributed by atoms with Crippen molar-refractivity contribution in [2.45, 2.75) is 6.42 Å². The van der Waals surface area contributed by atoms with Crippen LogP contribution in [0.5, 0.6) is 11.5 Å². The number of ether oxygens (including phenoxy) is 2. The minimum atomic E-state index is 0.319. The van der Waals surface area contributed by atoms with E-state index in [1.54, 1.807) is 18.2 Å². The van der Waals surface area contributed by atoms with E-state index in [1.165, 1.54) is 0 Å². The van der Waals surface area contributed by atoms with Gasteiger partial charge in [0.25, 0.3) is 0 Å². The number of benzene rings is 2. The first-order valence-corrected chi connectivity index (χ1v) is 7.35. The average Bonchev–Trinajstić information content (AvgIpc) is 2.49. The first-order valence-electron chi connectivity index (χ1n) is 6.57. The zero-order valence-corrected chi connectivity index (χ0v) is 13.0. The fourth-order valence-electron chi connectivity index (χ4n) is 1.72. The van der Waals surface area contributed by atoms with Crippen molar-refractivity contribution in [1.82, 2.24) is 0 Å². The molecule has 0 saturated carbocycles. The highest BCUT2D eigenvalue weighted by atomic mass is 35.5. The molecule has 2 aromatic rings. The summed E-state index contributed by atoms with van der Waals surface area (Å²) in [4.78, 5) is 0.319. The summed E-state index contributed by atoms with van der Waals surface area (Å²) < 4.78 is 11.2. The van der Waals surface area contributed by atoms with Gasteiger partial charge in [-0.05, 0) is 30.3 Å². The van der Waals surface area contributed by atoms with Crippen LogP contribution < -0.4 is 15.2 Å².